The normalized spacial score (nSPS) is 18.5. The SMILES string of the molecule is C=CCN1CC(Nc2nc(OCC34CCCN3CCC4)nc3c(F)c(-c4ccc(F)c5sc(N)nc45)c(CC#N)cc23)C1. The van der Waals surface area contributed by atoms with Crippen molar-refractivity contribution in [2.75, 3.05) is 50.4 Å². The number of hydrogen-bond donors (Lipinski definition) is 2. The van der Waals surface area contributed by atoms with Crippen LogP contribution in [0.4, 0.5) is 19.7 Å². The molecule has 0 unspecified atom stereocenters. The Morgan fingerprint density at radius 1 is 1.19 bits per heavy atom. The molecule has 3 saturated heterocycles. The number of nitriles is 1. The number of benzene rings is 2. The molecule has 2 aromatic heterocycles. The van der Waals surface area contributed by atoms with Crippen molar-refractivity contribution < 1.29 is 13.5 Å². The topological polar surface area (TPSA) is 116 Å². The van der Waals surface area contributed by atoms with Gasteiger partial charge in [-0.2, -0.15) is 15.2 Å². The van der Waals surface area contributed by atoms with Crippen LogP contribution in [0.2, 0.25) is 0 Å². The van der Waals surface area contributed by atoms with Crippen LogP contribution in [0.25, 0.3) is 32.2 Å². The minimum absolute atomic E-state index is 0.0320. The van der Waals surface area contributed by atoms with E-state index in [1.807, 2.05) is 6.08 Å². The monoisotopic (exact) mass is 602 g/mol. The molecule has 0 amide bonds. The van der Waals surface area contributed by atoms with Gasteiger partial charge in [-0.25, -0.2) is 13.8 Å². The maximum Gasteiger partial charge on any atom is 0.319 e. The lowest BCUT2D eigenvalue weighted by atomic mass is 9.94. The number of aromatic nitrogens is 3. The average molecular weight is 603 g/mol. The van der Waals surface area contributed by atoms with Crippen molar-refractivity contribution in [3.8, 4) is 23.2 Å². The van der Waals surface area contributed by atoms with Crippen LogP contribution in [0.5, 0.6) is 6.01 Å². The smallest absolute Gasteiger partial charge is 0.319 e. The summed E-state index contributed by atoms with van der Waals surface area (Å²) in [7, 11) is 0. The molecule has 2 aromatic carbocycles. The van der Waals surface area contributed by atoms with E-state index < -0.39 is 11.6 Å². The molecule has 5 heterocycles. The standard InChI is InChI=1S/C31H32F2N8OS/c1-2-11-40-15-19(16-40)36-28-21-14-18(7-10-34)23(20-5-6-22(32)27-26(20)37-29(35)43-27)24(33)25(21)38-30(39-28)42-17-31-8-3-12-41(31)13-4-9-31/h2,5-6,14,19H,1,3-4,7-9,11-13,15-17H2,(H2,35,37)(H,36,38,39). The molecule has 3 N–H and O–H groups in total. The van der Waals surface area contributed by atoms with Gasteiger partial charge in [-0.3, -0.25) is 9.80 Å². The highest BCUT2D eigenvalue weighted by Gasteiger charge is 2.45. The average Bonchev–Trinajstić information content (AvgIpc) is 3.67. The molecule has 9 nitrogen and oxygen atoms in total. The quantitative estimate of drug-likeness (QED) is 0.252. The Bertz CT molecular complexity index is 1770. The van der Waals surface area contributed by atoms with Crippen LogP contribution in [0.15, 0.2) is 30.9 Å². The van der Waals surface area contributed by atoms with Crippen LogP contribution in [0.1, 0.15) is 31.2 Å². The highest BCUT2D eigenvalue weighted by molar-refractivity contribution is 7.22. The number of ether oxygens (including phenoxy) is 1. The lowest BCUT2D eigenvalue weighted by Gasteiger charge is -2.39. The summed E-state index contributed by atoms with van der Waals surface area (Å²) in [5.74, 6) is -0.665. The first-order chi connectivity index (χ1) is 20.9. The Hall–Kier alpha value is -3.92. The maximum atomic E-state index is 16.8. The first-order valence-electron chi connectivity index (χ1n) is 14.6. The van der Waals surface area contributed by atoms with Gasteiger partial charge in [0.15, 0.2) is 10.9 Å². The fourth-order valence-corrected chi connectivity index (χ4v) is 7.75. The van der Waals surface area contributed by atoms with Crippen LogP contribution >= 0.6 is 11.3 Å². The van der Waals surface area contributed by atoms with Gasteiger partial charge < -0.3 is 15.8 Å². The van der Waals surface area contributed by atoms with Crippen LogP contribution in [0, 0.1) is 23.0 Å². The Kier molecular flexibility index (Phi) is 7.12. The molecule has 0 bridgehead atoms. The predicted molar refractivity (Wildman–Crippen MR) is 164 cm³/mol. The van der Waals surface area contributed by atoms with Gasteiger partial charge in [0.1, 0.15) is 23.8 Å². The molecule has 0 saturated carbocycles. The summed E-state index contributed by atoms with van der Waals surface area (Å²) in [6.45, 7) is 8.73. The number of nitrogen functional groups attached to an aromatic ring is 1. The van der Waals surface area contributed by atoms with Crippen molar-refractivity contribution in [1.29, 1.82) is 5.26 Å². The van der Waals surface area contributed by atoms with Crippen molar-refractivity contribution in [3.63, 3.8) is 0 Å². The molecule has 43 heavy (non-hydrogen) atoms. The molecule has 7 rings (SSSR count). The number of fused-ring (bicyclic) bond motifs is 3. The van der Waals surface area contributed by atoms with E-state index in [0.29, 0.717) is 28.9 Å². The van der Waals surface area contributed by atoms with E-state index in [1.165, 1.54) is 12.1 Å². The van der Waals surface area contributed by atoms with Crippen LogP contribution < -0.4 is 15.8 Å². The largest absolute Gasteiger partial charge is 0.461 e. The van der Waals surface area contributed by atoms with Gasteiger partial charge >= 0.3 is 6.01 Å². The Morgan fingerprint density at radius 3 is 2.72 bits per heavy atom. The molecule has 4 aromatic rings. The van der Waals surface area contributed by atoms with Gasteiger partial charge in [-0.1, -0.05) is 17.4 Å². The Labute approximate surface area is 252 Å². The van der Waals surface area contributed by atoms with Crippen molar-refractivity contribution in [2.24, 2.45) is 0 Å². The van der Waals surface area contributed by atoms with E-state index in [1.54, 1.807) is 6.07 Å². The van der Waals surface area contributed by atoms with Gasteiger partial charge in [0.25, 0.3) is 0 Å². The van der Waals surface area contributed by atoms with Crippen LogP contribution in [0.3, 0.4) is 0 Å². The molecule has 0 spiro atoms. The summed E-state index contributed by atoms with van der Waals surface area (Å²) in [5.41, 5.74) is 7.15. The van der Waals surface area contributed by atoms with Gasteiger partial charge in [0.05, 0.1) is 34.3 Å². The predicted octanol–water partition coefficient (Wildman–Crippen LogP) is 5.12. The van der Waals surface area contributed by atoms with Gasteiger partial charge in [0, 0.05) is 36.1 Å². The number of halogens is 2. The third-order valence-corrected chi connectivity index (χ3v) is 9.90. The minimum atomic E-state index is -0.638. The second kappa shape index (κ2) is 11.0. The highest BCUT2D eigenvalue weighted by atomic mass is 32.1. The van der Waals surface area contributed by atoms with Crippen molar-refractivity contribution in [1.82, 2.24) is 24.8 Å². The number of nitrogens with zero attached hydrogens (tertiary/aromatic N) is 6. The minimum Gasteiger partial charge on any atom is -0.461 e. The molecule has 3 aliphatic heterocycles. The van der Waals surface area contributed by atoms with Crippen molar-refractivity contribution in [3.05, 3.63) is 48.1 Å². The molecular formula is C31H32F2N8OS. The van der Waals surface area contributed by atoms with E-state index in [-0.39, 0.29) is 50.4 Å². The third-order valence-electron chi connectivity index (χ3n) is 9.01. The summed E-state index contributed by atoms with van der Waals surface area (Å²) >= 11 is 1.00. The van der Waals surface area contributed by atoms with Crippen LogP contribution in [-0.2, 0) is 6.42 Å². The number of nitrogens with two attached hydrogens (primary N) is 1. The molecular weight excluding hydrogens is 570 g/mol. The molecule has 222 valence electrons. The van der Waals surface area contributed by atoms with E-state index in [9.17, 15) is 9.65 Å². The lowest BCUT2D eigenvalue weighted by Crippen LogP contribution is -2.54. The number of nitrogens with one attached hydrogen (secondary N) is 1. The Balaban J connectivity index is 1.35. The summed E-state index contributed by atoms with van der Waals surface area (Å²) < 4.78 is 38.0. The summed E-state index contributed by atoms with van der Waals surface area (Å²) in [4.78, 5) is 18.4. The third kappa shape index (κ3) is 4.85. The van der Waals surface area contributed by atoms with Crippen molar-refractivity contribution >= 4 is 43.4 Å². The second-order valence-corrected chi connectivity index (χ2v) is 12.7. The number of hydrogen-bond acceptors (Lipinski definition) is 10. The van der Waals surface area contributed by atoms with E-state index in [0.717, 1.165) is 69.7 Å². The number of rotatable bonds is 9. The highest BCUT2D eigenvalue weighted by Crippen LogP contribution is 2.42. The molecule has 3 fully saturated rings. The van der Waals surface area contributed by atoms with E-state index in [4.69, 9.17) is 15.5 Å². The second-order valence-electron chi connectivity index (χ2n) is 11.7. The lowest BCUT2D eigenvalue weighted by molar-refractivity contribution is 0.108. The maximum absolute atomic E-state index is 16.8. The van der Waals surface area contributed by atoms with Crippen molar-refractivity contribution in [2.45, 2.75) is 43.7 Å². The molecule has 0 aliphatic carbocycles. The summed E-state index contributed by atoms with van der Waals surface area (Å²) in [6.07, 6.45) is 6.16. The first-order valence-corrected chi connectivity index (χ1v) is 15.4. The fraction of sp³-hybridized carbons (Fsp3) is 0.419. The fourth-order valence-electron chi connectivity index (χ4n) is 6.99. The molecule has 0 radical (unpaired) electrons. The van der Waals surface area contributed by atoms with Gasteiger partial charge in [0.2, 0.25) is 0 Å². The molecule has 0 atom stereocenters. The number of likely N-dealkylation sites (tertiary alicyclic amines) is 1. The van der Waals surface area contributed by atoms with Gasteiger partial charge in [-0.05, 0) is 62.5 Å². The molecule has 3 aliphatic rings. The number of anilines is 2. The summed E-state index contributed by atoms with van der Waals surface area (Å²) in [5, 5.41) is 13.8. The van der Waals surface area contributed by atoms with E-state index >= 15 is 4.39 Å². The zero-order valence-electron chi connectivity index (χ0n) is 23.7. The van der Waals surface area contributed by atoms with E-state index in [2.05, 4.69) is 37.7 Å². The number of thiazole rings is 1. The summed E-state index contributed by atoms with van der Waals surface area (Å²) in [6, 6.07) is 6.86. The zero-order chi connectivity index (χ0) is 29.7. The zero-order valence-corrected chi connectivity index (χ0v) is 24.5. The Morgan fingerprint density at radius 2 is 1.98 bits per heavy atom. The van der Waals surface area contributed by atoms with Crippen LogP contribution in [-0.4, -0.2) is 75.7 Å². The van der Waals surface area contributed by atoms with Gasteiger partial charge in [-0.15, -0.1) is 6.58 Å². The first kappa shape index (κ1) is 27.9. The molecule has 12 heteroatoms.